The maximum Gasteiger partial charge on any atom is 0.257 e. The van der Waals surface area contributed by atoms with Crippen molar-refractivity contribution in [3.05, 3.63) is 83.9 Å². The van der Waals surface area contributed by atoms with Gasteiger partial charge in [-0.2, -0.15) is 0 Å². The monoisotopic (exact) mass is 349 g/mol. The van der Waals surface area contributed by atoms with Gasteiger partial charge < -0.3 is 10.6 Å². The van der Waals surface area contributed by atoms with E-state index in [0.29, 0.717) is 28.2 Å². The molecule has 0 fully saturated rings. The zero-order valence-electron chi connectivity index (χ0n) is 14.0. The van der Waals surface area contributed by atoms with Gasteiger partial charge in [0.1, 0.15) is 5.82 Å². The number of nitrogens with zero attached hydrogens (tertiary/aromatic N) is 1. The maximum absolute atomic E-state index is 13.3. The minimum absolute atomic E-state index is 0.0387. The zero-order valence-corrected chi connectivity index (χ0v) is 14.0. The lowest BCUT2D eigenvalue weighted by atomic mass is 10.1. The molecule has 6 heteroatoms. The van der Waals surface area contributed by atoms with Gasteiger partial charge in [0.25, 0.3) is 5.91 Å². The summed E-state index contributed by atoms with van der Waals surface area (Å²) in [7, 11) is 0. The van der Waals surface area contributed by atoms with Crippen LogP contribution in [0.2, 0.25) is 0 Å². The van der Waals surface area contributed by atoms with Gasteiger partial charge in [-0.15, -0.1) is 0 Å². The van der Waals surface area contributed by atoms with E-state index in [4.69, 9.17) is 0 Å². The Labute approximate surface area is 149 Å². The molecule has 0 bridgehead atoms. The van der Waals surface area contributed by atoms with Gasteiger partial charge in [0, 0.05) is 23.1 Å². The van der Waals surface area contributed by atoms with Gasteiger partial charge >= 0.3 is 0 Å². The largest absolute Gasteiger partial charge is 0.354 e. The molecule has 0 saturated heterocycles. The summed E-state index contributed by atoms with van der Waals surface area (Å²) in [4.78, 5) is 27.7. The number of benzene rings is 2. The first-order valence-corrected chi connectivity index (χ1v) is 7.91. The fourth-order valence-electron chi connectivity index (χ4n) is 2.36. The third-order valence-electron chi connectivity index (χ3n) is 3.66. The minimum atomic E-state index is -0.356. The molecule has 0 aliphatic carbocycles. The lowest BCUT2D eigenvalue weighted by Crippen LogP contribution is -2.12. The van der Waals surface area contributed by atoms with Crippen molar-refractivity contribution in [2.75, 3.05) is 10.6 Å². The van der Waals surface area contributed by atoms with E-state index in [-0.39, 0.29) is 17.5 Å². The van der Waals surface area contributed by atoms with Gasteiger partial charge in [-0.3, -0.25) is 14.6 Å². The highest BCUT2D eigenvalue weighted by Crippen LogP contribution is 2.18. The third kappa shape index (κ3) is 4.30. The molecular weight excluding hydrogens is 333 g/mol. The molecule has 0 aliphatic rings. The fraction of sp³-hybridized carbons (Fsp3) is 0.0500. The minimum Gasteiger partial charge on any atom is -0.354 e. The molecule has 0 saturated carbocycles. The van der Waals surface area contributed by atoms with Crippen LogP contribution in [0.3, 0.4) is 0 Å². The number of Topliss-reactive ketones (excluding diaryl/α,β-unsaturated/α-hetero) is 1. The Morgan fingerprint density at radius 3 is 2.35 bits per heavy atom. The van der Waals surface area contributed by atoms with Gasteiger partial charge in [-0.25, -0.2) is 4.39 Å². The second-order valence-electron chi connectivity index (χ2n) is 5.69. The van der Waals surface area contributed by atoms with Gasteiger partial charge in [-0.1, -0.05) is 6.07 Å². The van der Waals surface area contributed by atoms with Crippen LogP contribution in [-0.2, 0) is 0 Å². The van der Waals surface area contributed by atoms with E-state index in [1.165, 1.54) is 25.3 Å². The number of aromatic nitrogens is 1. The van der Waals surface area contributed by atoms with Crippen LogP contribution in [-0.4, -0.2) is 16.7 Å². The first-order chi connectivity index (χ1) is 12.5. The summed E-state index contributed by atoms with van der Waals surface area (Å²) >= 11 is 0. The van der Waals surface area contributed by atoms with Crippen LogP contribution in [0.1, 0.15) is 27.6 Å². The number of pyridine rings is 1. The predicted molar refractivity (Wildman–Crippen MR) is 98.3 cm³/mol. The van der Waals surface area contributed by atoms with Crippen molar-refractivity contribution in [2.45, 2.75) is 6.92 Å². The highest BCUT2D eigenvalue weighted by molar-refractivity contribution is 6.05. The molecule has 0 unspecified atom stereocenters. The predicted octanol–water partition coefficient (Wildman–Crippen LogP) is 4.42. The number of rotatable bonds is 5. The van der Waals surface area contributed by atoms with E-state index in [1.54, 1.807) is 48.7 Å². The number of carbonyl (C=O) groups is 2. The number of hydrogen-bond donors (Lipinski definition) is 2. The van der Waals surface area contributed by atoms with E-state index in [1.807, 2.05) is 0 Å². The zero-order chi connectivity index (χ0) is 18.5. The quantitative estimate of drug-likeness (QED) is 0.669. The Bertz CT molecular complexity index is 955. The standard InChI is InChI=1S/C20H16FN3O2/c1-13(25)14-5-7-17(8-6-14)24-20(26)15-9-19(12-22-11-15)23-18-4-2-3-16(21)10-18/h2-12,23H,1H3,(H,24,26). The normalized spacial score (nSPS) is 10.2. The summed E-state index contributed by atoms with van der Waals surface area (Å²) in [6.07, 6.45) is 2.99. The van der Waals surface area contributed by atoms with Crippen molar-refractivity contribution in [2.24, 2.45) is 0 Å². The smallest absolute Gasteiger partial charge is 0.257 e. The fourth-order valence-corrected chi connectivity index (χ4v) is 2.36. The molecule has 1 amide bonds. The molecule has 3 rings (SSSR count). The van der Waals surface area contributed by atoms with Crippen LogP contribution in [0, 0.1) is 5.82 Å². The van der Waals surface area contributed by atoms with Gasteiger partial charge in [-0.05, 0) is 55.5 Å². The highest BCUT2D eigenvalue weighted by atomic mass is 19.1. The second kappa shape index (κ2) is 7.57. The molecule has 0 aliphatic heterocycles. The lowest BCUT2D eigenvalue weighted by Gasteiger charge is -2.09. The van der Waals surface area contributed by atoms with Gasteiger partial charge in [0.05, 0.1) is 17.4 Å². The molecule has 130 valence electrons. The van der Waals surface area contributed by atoms with E-state index < -0.39 is 0 Å². The Morgan fingerprint density at radius 2 is 1.65 bits per heavy atom. The third-order valence-corrected chi connectivity index (χ3v) is 3.66. The molecular formula is C20H16FN3O2. The molecule has 0 spiro atoms. The number of anilines is 3. The van der Waals surface area contributed by atoms with Crippen molar-refractivity contribution in [3.63, 3.8) is 0 Å². The van der Waals surface area contributed by atoms with Gasteiger partial charge in [0.2, 0.25) is 0 Å². The van der Waals surface area contributed by atoms with E-state index >= 15 is 0 Å². The van der Waals surface area contributed by atoms with E-state index in [2.05, 4.69) is 15.6 Å². The first-order valence-electron chi connectivity index (χ1n) is 7.91. The molecule has 5 nitrogen and oxygen atoms in total. The van der Waals surface area contributed by atoms with E-state index in [9.17, 15) is 14.0 Å². The van der Waals surface area contributed by atoms with Crippen LogP contribution in [0.5, 0.6) is 0 Å². The lowest BCUT2D eigenvalue weighted by molar-refractivity contribution is 0.101. The van der Waals surface area contributed by atoms with Crippen molar-refractivity contribution in [3.8, 4) is 0 Å². The van der Waals surface area contributed by atoms with Crippen molar-refractivity contribution in [1.29, 1.82) is 0 Å². The Hall–Kier alpha value is -3.54. The Morgan fingerprint density at radius 1 is 0.885 bits per heavy atom. The molecule has 2 N–H and O–H groups in total. The van der Waals surface area contributed by atoms with Crippen LogP contribution in [0.15, 0.2) is 67.0 Å². The highest BCUT2D eigenvalue weighted by Gasteiger charge is 2.09. The summed E-state index contributed by atoms with van der Waals surface area (Å²) < 4.78 is 13.3. The second-order valence-corrected chi connectivity index (χ2v) is 5.69. The van der Waals surface area contributed by atoms with Crippen LogP contribution in [0.4, 0.5) is 21.5 Å². The van der Waals surface area contributed by atoms with E-state index in [0.717, 1.165) is 0 Å². The number of halogens is 1. The maximum atomic E-state index is 13.3. The number of hydrogen-bond acceptors (Lipinski definition) is 4. The van der Waals surface area contributed by atoms with Crippen molar-refractivity contribution >= 4 is 28.8 Å². The average molecular weight is 349 g/mol. The van der Waals surface area contributed by atoms with Crippen molar-refractivity contribution in [1.82, 2.24) is 4.98 Å². The topological polar surface area (TPSA) is 71.1 Å². The summed E-state index contributed by atoms with van der Waals surface area (Å²) in [5.74, 6) is -0.731. The number of carbonyl (C=O) groups excluding carboxylic acids is 2. The molecule has 0 radical (unpaired) electrons. The summed E-state index contributed by atoms with van der Waals surface area (Å²) in [6.45, 7) is 1.48. The Balaban J connectivity index is 1.72. The number of ketones is 1. The molecule has 0 atom stereocenters. The number of nitrogens with one attached hydrogen (secondary N) is 2. The number of amides is 1. The Kier molecular flexibility index (Phi) is 5.03. The first kappa shape index (κ1) is 17.3. The summed E-state index contributed by atoms with van der Waals surface area (Å²) in [6, 6.07) is 14.3. The summed E-state index contributed by atoms with van der Waals surface area (Å²) in [5.41, 5.74) is 2.62. The average Bonchev–Trinajstić information content (AvgIpc) is 2.62. The molecule has 1 heterocycles. The van der Waals surface area contributed by atoms with Crippen LogP contribution in [0.25, 0.3) is 0 Å². The van der Waals surface area contributed by atoms with Crippen molar-refractivity contribution < 1.29 is 14.0 Å². The summed E-state index contributed by atoms with van der Waals surface area (Å²) in [5, 5.41) is 5.75. The molecule has 26 heavy (non-hydrogen) atoms. The van der Waals surface area contributed by atoms with Crippen LogP contribution >= 0.6 is 0 Å². The molecule has 2 aromatic carbocycles. The van der Waals surface area contributed by atoms with Gasteiger partial charge in [0.15, 0.2) is 5.78 Å². The SMILES string of the molecule is CC(=O)c1ccc(NC(=O)c2cncc(Nc3cccc(F)c3)c2)cc1. The molecule has 3 aromatic rings. The van der Waals surface area contributed by atoms with Crippen LogP contribution < -0.4 is 10.6 Å². The molecule has 1 aromatic heterocycles.